The molecule has 0 saturated carbocycles. The van der Waals surface area contributed by atoms with Crippen LogP contribution in [0.1, 0.15) is 20.7 Å². The first kappa shape index (κ1) is 19.1. The Morgan fingerprint density at radius 1 is 0.815 bits per heavy atom. The monoisotopic (exact) mass is 429 g/mol. The summed E-state index contributed by atoms with van der Waals surface area (Å²) in [6.07, 6.45) is 0. The molecule has 140 valence electrons. The summed E-state index contributed by atoms with van der Waals surface area (Å²) in [4.78, 5) is 40.3. The number of nitrogens with one attached hydrogen (secondary N) is 1. The summed E-state index contributed by atoms with van der Waals surface area (Å²) in [5.74, 6) is -0.449. The highest BCUT2D eigenvalue weighted by Gasteiger charge is 2.25. The van der Waals surface area contributed by atoms with Gasteiger partial charge < -0.3 is 15.1 Å². The molecule has 0 aliphatic carbocycles. The second-order valence-electron chi connectivity index (χ2n) is 6.23. The van der Waals surface area contributed by atoms with E-state index in [1.807, 2.05) is 18.2 Å². The Bertz CT molecular complexity index is 816. The van der Waals surface area contributed by atoms with Crippen molar-refractivity contribution >= 4 is 33.7 Å². The molecule has 0 aromatic heterocycles. The van der Waals surface area contributed by atoms with Crippen molar-refractivity contribution in [2.24, 2.45) is 0 Å². The molecule has 1 heterocycles. The lowest BCUT2D eigenvalue weighted by Gasteiger charge is -2.34. The predicted octanol–water partition coefficient (Wildman–Crippen LogP) is 2.16. The molecule has 1 saturated heterocycles. The average molecular weight is 430 g/mol. The molecule has 3 rings (SSSR count). The minimum absolute atomic E-state index is 0.0352. The molecule has 3 amide bonds. The number of rotatable bonds is 4. The van der Waals surface area contributed by atoms with Gasteiger partial charge in [-0.15, -0.1) is 0 Å². The van der Waals surface area contributed by atoms with E-state index in [1.54, 1.807) is 46.2 Å². The van der Waals surface area contributed by atoms with Gasteiger partial charge in [0.1, 0.15) is 0 Å². The van der Waals surface area contributed by atoms with Crippen LogP contribution in [-0.4, -0.2) is 60.2 Å². The summed E-state index contributed by atoms with van der Waals surface area (Å²) < 4.78 is 0.923. The quantitative estimate of drug-likeness (QED) is 0.809. The van der Waals surface area contributed by atoms with Crippen molar-refractivity contribution in [2.75, 3.05) is 32.7 Å². The summed E-state index contributed by atoms with van der Waals surface area (Å²) in [5, 5.41) is 2.65. The SMILES string of the molecule is O=C(NCC(=O)N1CCN(C(=O)c2ccc(Br)cc2)CC1)c1ccccc1. The van der Waals surface area contributed by atoms with Crippen molar-refractivity contribution < 1.29 is 14.4 Å². The van der Waals surface area contributed by atoms with E-state index in [0.29, 0.717) is 37.3 Å². The second-order valence-corrected chi connectivity index (χ2v) is 7.14. The van der Waals surface area contributed by atoms with Gasteiger partial charge in [-0.25, -0.2) is 0 Å². The smallest absolute Gasteiger partial charge is 0.253 e. The highest BCUT2D eigenvalue weighted by Crippen LogP contribution is 2.13. The fraction of sp³-hybridized carbons (Fsp3) is 0.250. The lowest BCUT2D eigenvalue weighted by Crippen LogP contribution is -2.52. The predicted molar refractivity (Wildman–Crippen MR) is 105 cm³/mol. The van der Waals surface area contributed by atoms with E-state index in [2.05, 4.69) is 21.2 Å². The third-order valence-electron chi connectivity index (χ3n) is 4.45. The third kappa shape index (κ3) is 4.95. The van der Waals surface area contributed by atoms with E-state index >= 15 is 0 Å². The van der Waals surface area contributed by atoms with Crippen molar-refractivity contribution in [3.63, 3.8) is 0 Å². The van der Waals surface area contributed by atoms with E-state index in [4.69, 9.17) is 0 Å². The molecule has 0 radical (unpaired) electrons. The van der Waals surface area contributed by atoms with Gasteiger partial charge in [0.25, 0.3) is 11.8 Å². The first-order chi connectivity index (χ1) is 13.0. The minimum Gasteiger partial charge on any atom is -0.343 e. The van der Waals surface area contributed by atoms with Crippen molar-refractivity contribution in [3.8, 4) is 0 Å². The molecule has 0 unspecified atom stereocenters. The zero-order chi connectivity index (χ0) is 19.2. The van der Waals surface area contributed by atoms with Crippen LogP contribution in [0.2, 0.25) is 0 Å². The molecule has 27 heavy (non-hydrogen) atoms. The van der Waals surface area contributed by atoms with E-state index < -0.39 is 0 Å². The third-order valence-corrected chi connectivity index (χ3v) is 4.98. The molecule has 1 fully saturated rings. The number of amides is 3. The standard InChI is InChI=1S/C20H20BrN3O3/c21-17-8-6-16(7-9-17)20(27)24-12-10-23(11-13-24)18(25)14-22-19(26)15-4-2-1-3-5-15/h1-9H,10-14H2,(H,22,26). The summed E-state index contributed by atoms with van der Waals surface area (Å²) in [5.41, 5.74) is 1.16. The zero-order valence-electron chi connectivity index (χ0n) is 14.7. The molecule has 1 N–H and O–H groups in total. The first-order valence-electron chi connectivity index (χ1n) is 8.70. The number of hydrogen-bond donors (Lipinski definition) is 1. The van der Waals surface area contributed by atoms with Gasteiger partial charge in [0.05, 0.1) is 6.54 Å². The molecule has 0 spiro atoms. The van der Waals surface area contributed by atoms with Crippen LogP contribution in [0.25, 0.3) is 0 Å². The van der Waals surface area contributed by atoms with Crippen LogP contribution in [0.3, 0.4) is 0 Å². The fourth-order valence-corrected chi connectivity index (χ4v) is 3.16. The van der Waals surface area contributed by atoms with Gasteiger partial charge in [0, 0.05) is 41.8 Å². The van der Waals surface area contributed by atoms with Crippen LogP contribution in [0.4, 0.5) is 0 Å². The van der Waals surface area contributed by atoms with Gasteiger partial charge in [-0.1, -0.05) is 34.1 Å². The van der Waals surface area contributed by atoms with Crippen LogP contribution in [0.5, 0.6) is 0 Å². The van der Waals surface area contributed by atoms with Gasteiger partial charge >= 0.3 is 0 Å². The van der Waals surface area contributed by atoms with Gasteiger partial charge in [-0.2, -0.15) is 0 Å². The highest BCUT2D eigenvalue weighted by molar-refractivity contribution is 9.10. The number of piperazine rings is 1. The van der Waals surface area contributed by atoms with E-state index in [-0.39, 0.29) is 24.3 Å². The van der Waals surface area contributed by atoms with Gasteiger partial charge in [0.15, 0.2) is 0 Å². The number of carbonyl (C=O) groups excluding carboxylic acids is 3. The zero-order valence-corrected chi connectivity index (χ0v) is 16.3. The molecule has 2 aromatic carbocycles. The van der Waals surface area contributed by atoms with Gasteiger partial charge in [0.2, 0.25) is 5.91 Å². The Labute approximate surface area is 166 Å². The van der Waals surface area contributed by atoms with Crippen molar-refractivity contribution in [1.29, 1.82) is 0 Å². The lowest BCUT2D eigenvalue weighted by atomic mass is 10.2. The van der Waals surface area contributed by atoms with Crippen LogP contribution in [0, 0.1) is 0 Å². The van der Waals surface area contributed by atoms with Gasteiger partial charge in [-0.05, 0) is 36.4 Å². The van der Waals surface area contributed by atoms with Crippen molar-refractivity contribution in [2.45, 2.75) is 0 Å². The Hall–Kier alpha value is -2.67. The maximum atomic E-state index is 12.5. The van der Waals surface area contributed by atoms with E-state index in [0.717, 1.165) is 4.47 Å². The minimum atomic E-state index is -0.270. The summed E-state index contributed by atoms with van der Waals surface area (Å²) in [6.45, 7) is 1.83. The maximum Gasteiger partial charge on any atom is 0.253 e. The molecular weight excluding hydrogens is 410 g/mol. The van der Waals surface area contributed by atoms with Crippen LogP contribution in [-0.2, 0) is 4.79 Å². The summed E-state index contributed by atoms with van der Waals surface area (Å²) >= 11 is 3.36. The normalized spacial score (nSPS) is 14.0. The number of nitrogens with zero attached hydrogens (tertiary/aromatic N) is 2. The molecule has 2 aromatic rings. The average Bonchev–Trinajstić information content (AvgIpc) is 2.72. The lowest BCUT2D eigenvalue weighted by molar-refractivity contribution is -0.131. The first-order valence-corrected chi connectivity index (χ1v) is 9.50. The van der Waals surface area contributed by atoms with Crippen LogP contribution in [0.15, 0.2) is 59.1 Å². The largest absolute Gasteiger partial charge is 0.343 e. The Balaban J connectivity index is 1.47. The molecule has 0 atom stereocenters. The Kier molecular flexibility index (Phi) is 6.24. The van der Waals surface area contributed by atoms with E-state index in [9.17, 15) is 14.4 Å². The summed E-state index contributed by atoms with van der Waals surface area (Å²) in [6, 6.07) is 16.0. The van der Waals surface area contributed by atoms with Crippen molar-refractivity contribution in [3.05, 3.63) is 70.2 Å². The molecule has 6 nitrogen and oxygen atoms in total. The molecule has 1 aliphatic heterocycles. The topological polar surface area (TPSA) is 69.7 Å². The summed E-state index contributed by atoms with van der Waals surface area (Å²) in [7, 11) is 0. The number of carbonyl (C=O) groups is 3. The number of halogens is 1. The van der Waals surface area contributed by atoms with E-state index in [1.165, 1.54) is 0 Å². The second kappa shape index (κ2) is 8.81. The Morgan fingerprint density at radius 3 is 2.04 bits per heavy atom. The highest BCUT2D eigenvalue weighted by atomic mass is 79.9. The fourth-order valence-electron chi connectivity index (χ4n) is 2.89. The van der Waals surface area contributed by atoms with Crippen molar-refractivity contribution in [1.82, 2.24) is 15.1 Å². The number of hydrogen-bond acceptors (Lipinski definition) is 3. The number of benzene rings is 2. The van der Waals surface area contributed by atoms with Crippen LogP contribution >= 0.6 is 15.9 Å². The molecule has 7 heteroatoms. The molecular formula is C20H20BrN3O3. The van der Waals surface area contributed by atoms with Crippen LogP contribution < -0.4 is 5.32 Å². The molecule has 0 bridgehead atoms. The maximum absolute atomic E-state index is 12.5. The molecule has 1 aliphatic rings. The van der Waals surface area contributed by atoms with Gasteiger partial charge in [-0.3, -0.25) is 14.4 Å². The Morgan fingerprint density at radius 2 is 1.41 bits per heavy atom.